The minimum absolute atomic E-state index is 0.0289. The third-order valence-corrected chi connectivity index (χ3v) is 10.9. The van der Waals surface area contributed by atoms with E-state index < -0.39 is 28.1 Å². The molecule has 52 heavy (non-hydrogen) atoms. The maximum atomic E-state index is 14.6. The highest BCUT2D eigenvalue weighted by atomic mass is 32.2. The Hall–Kier alpha value is -5.57. The molecule has 3 N–H and O–H groups in total. The van der Waals surface area contributed by atoms with Crippen molar-refractivity contribution in [1.82, 2.24) is 24.8 Å². The summed E-state index contributed by atoms with van der Waals surface area (Å²) in [4.78, 5) is 46.0. The van der Waals surface area contributed by atoms with Gasteiger partial charge in [0.2, 0.25) is 17.5 Å². The van der Waals surface area contributed by atoms with Crippen molar-refractivity contribution in [2.45, 2.75) is 77.3 Å². The molecule has 0 saturated heterocycles. The summed E-state index contributed by atoms with van der Waals surface area (Å²) in [7, 11) is -4.24. The van der Waals surface area contributed by atoms with Crippen LogP contribution < -0.4 is 14.8 Å². The quantitative estimate of drug-likeness (QED) is 0.158. The zero-order valence-electron chi connectivity index (χ0n) is 29.4. The molecule has 0 unspecified atom stereocenters. The smallest absolute Gasteiger partial charge is 0.409 e. The summed E-state index contributed by atoms with van der Waals surface area (Å²) in [6.45, 7) is 9.77. The van der Waals surface area contributed by atoms with Gasteiger partial charge in [-0.05, 0) is 67.9 Å². The van der Waals surface area contributed by atoms with Gasteiger partial charge in [-0.2, -0.15) is 4.98 Å². The molecule has 4 heterocycles. The summed E-state index contributed by atoms with van der Waals surface area (Å²) in [6, 6.07) is 12.8. The number of rotatable bonds is 7. The van der Waals surface area contributed by atoms with Crippen molar-refractivity contribution < 1.29 is 32.3 Å². The number of aryl methyl sites for hydroxylation is 2. The lowest BCUT2D eigenvalue weighted by atomic mass is 9.97. The third kappa shape index (κ3) is 7.00. The molecule has 5 aromatic rings. The van der Waals surface area contributed by atoms with Gasteiger partial charge in [0.25, 0.3) is 15.9 Å². The van der Waals surface area contributed by atoms with Crippen LogP contribution in [0.4, 0.5) is 16.4 Å². The monoisotopic (exact) mass is 725 g/mol. The highest BCUT2D eigenvalue weighted by Gasteiger charge is 2.42. The number of carboxylic acid groups (broad SMARTS) is 1. The van der Waals surface area contributed by atoms with Gasteiger partial charge in [0.1, 0.15) is 18.1 Å². The van der Waals surface area contributed by atoms with Crippen LogP contribution in [0.15, 0.2) is 64.0 Å². The summed E-state index contributed by atoms with van der Waals surface area (Å²) in [5.41, 5.74) is 4.23. The summed E-state index contributed by atoms with van der Waals surface area (Å²) >= 11 is 0. The lowest BCUT2D eigenvalue weighted by molar-refractivity contribution is 0.0537. The van der Waals surface area contributed by atoms with Crippen molar-refractivity contribution in [1.29, 1.82) is 0 Å². The topological polar surface area (TPSA) is 190 Å². The van der Waals surface area contributed by atoms with Crippen LogP contribution in [0.5, 0.6) is 5.88 Å². The molecule has 0 spiro atoms. The van der Waals surface area contributed by atoms with Gasteiger partial charge < -0.3 is 19.2 Å². The van der Waals surface area contributed by atoms with E-state index in [1.165, 1.54) is 24.4 Å². The number of carbonyl (C=O) groups excluding carboxylic acids is 1. The molecule has 1 fully saturated rings. The Morgan fingerprint density at radius 1 is 1.10 bits per heavy atom. The molecule has 1 aliphatic heterocycles. The van der Waals surface area contributed by atoms with Crippen LogP contribution in [0.25, 0.3) is 22.5 Å². The van der Waals surface area contributed by atoms with E-state index in [0.29, 0.717) is 23.6 Å². The maximum absolute atomic E-state index is 14.6. The zero-order valence-corrected chi connectivity index (χ0v) is 30.2. The number of nitrogens with zero attached hydrogens (tertiary/aromatic N) is 5. The summed E-state index contributed by atoms with van der Waals surface area (Å²) in [6.07, 6.45) is 2.74. The van der Waals surface area contributed by atoms with E-state index in [1.807, 2.05) is 45.9 Å². The van der Waals surface area contributed by atoms with E-state index in [9.17, 15) is 23.1 Å². The fraction of sp³-hybridized carbons (Fsp3) is 0.351. The number of amides is 2. The molecule has 2 aromatic carbocycles. The SMILES string of the molecule is Cc1cccc(C)c1-c1cc2nc(n1)NS(=O)(=O)c1cccc(c1)C(=O)N(Cc1cnc3oc(C(C)C)c(NC(=O)O)c3n1)[C@H](CC1(C)CC1)CO2. The number of ether oxygens (including phenoxy) is 1. The first-order valence-electron chi connectivity index (χ1n) is 17.0. The van der Waals surface area contributed by atoms with Crippen LogP contribution in [0.1, 0.15) is 78.9 Å². The van der Waals surface area contributed by atoms with Crippen molar-refractivity contribution in [2.75, 3.05) is 16.6 Å². The van der Waals surface area contributed by atoms with Gasteiger partial charge in [0, 0.05) is 23.1 Å². The molecule has 270 valence electrons. The Labute approximate surface area is 300 Å². The van der Waals surface area contributed by atoms with Gasteiger partial charge in [-0.15, -0.1) is 0 Å². The largest absolute Gasteiger partial charge is 0.475 e. The standard InChI is InChI=1S/C37H39N7O7S/c1-20(2)32-30(42-36(46)47)31-33(51-32)38-17-24(39-31)18-44-25(16-37(5)12-13-37)19-50-28-15-27(29-21(3)8-6-9-22(29)4)40-35(41-28)43-52(48,49)26-11-7-10-23(14-26)34(44)45/h6-11,14-15,17,20,25,42H,12-13,16,18-19H2,1-5H3,(H,46,47)(H,40,41,43)/t25-/m1/s1. The number of hydrogen-bond acceptors (Lipinski definition) is 10. The van der Waals surface area contributed by atoms with Gasteiger partial charge in [-0.3, -0.25) is 10.1 Å². The summed E-state index contributed by atoms with van der Waals surface area (Å²) < 4.78 is 42.3. The van der Waals surface area contributed by atoms with Crippen molar-refractivity contribution >= 4 is 44.9 Å². The molecule has 1 atom stereocenters. The van der Waals surface area contributed by atoms with Gasteiger partial charge in [-0.1, -0.05) is 45.0 Å². The Morgan fingerprint density at radius 2 is 1.83 bits per heavy atom. The van der Waals surface area contributed by atoms with E-state index in [-0.39, 0.29) is 63.7 Å². The lowest BCUT2D eigenvalue weighted by Crippen LogP contribution is -2.44. The van der Waals surface area contributed by atoms with E-state index in [4.69, 9.17) is 14.1 Å². The first-order valence-corrected chi connectivity index (χ1v) is 18.5. The van der Waals surface area contributed by atoms with Crippen molar-refractivity contribution in [3.8, 4) is 17.1 Å². The summed E-state index contributed by atoms with van der Waals surface area (Å²) in [5.74, 6) is -0.247. The van der Waals surface area contributed by atoms with Gasteiger partial charge in [0.15, 0.2) is 5.52 Å². The van der Waals surface area contributed by atoms with Crippen LogP contribution in [0.3, 0.4) is 0 Å². The maximum Gasteiger partial charge on any atom is 0.409 e. The molecule has 2 aliphatic rings. The summed E-state index contributed by atoms with van der Waals surface area (Å²) in [5, 5.41) is 12.0. The van der Waals surface area contributed by atoms with E-state index in [2.05, 4.69) is 31.9 Å². The number of nitrogens with one attached hydrogen (secondary N) is 2. The Balaban J connectivity index is 1.36. The number of furan rings is 1. The van der Waals surface area contributed by atoms with Gasteiger partial charge >= 0.3 is 6.09 Å². The average molecular weight is 726 g/mol. The highest BCUT2D eigenvalue weighted by molar-refractivity contribution is 7.92. The molecular weight excluding hydrogens is 687 g/mol. The number of benzene rings is 2. The van der Waals surface area contributed by atoms with Crippen molar-refractivity contribution in [2.24, 2.45) is 5.41 Å². The Bertz CT molecular complexity index is 2320. The van der Waals surface area contributed by atoms with Crippen LogP contribution in [-0.2, 0) is 16.6 Å². The van der Waals surface area contributed by atoms with Crippen molar-refractivity contribution in [3.63, 3.8) is 0 Å². The van der Waals surface area contributed by atoms with Gasteiger partial charge in [-0.25, -0.2) is 32.9 Å². The third-order valence-electron chi connectivity index (χ3n) is 9.58. The molecule has 1 saturated carbocycles. The first kappa shape index (κ1) is 34.9. The van der Waals surface area contributed by atoms with Crippen LogP contribution >= 0.6 is 0 Å². The molecule has 2 amide bonds. The molecule has 15 heteroatoms. The predicted molar refractivity (Wildman–Crippen MR) is 193 cm³/mol. The Morgan fingerprint density at radius 3 is 2.52 bits per heavy atom. The minimum Gasteiger partial charge on any atom is -0.475 e. The second kappa shape index (κ2) is 13.2. The normalized spacial score (nSPS) is 17.8. The second-order valence-corrected chi connectivity index (χ2v) is 15.9. The fourth-order valence-electron chi connectivity index (χ4n) is 6.64. The molecule has 1 aliphatic carbocycles. The zero-order chi connectivity index (χ0) is 36.9. The fourth-order valence-corrected chi connectivity index (χ4v) is 7.62. The van der Waals surface area contributed by atoms with Crippen molar-refractivity contribution in [3.05, 3.63) is 82.9 Å². The molecular formula is C37H39N7O7S. The molecule has 0 radical (unpaired) electrons. The van der Waals surface area contributed by atoms with E-state index in [1.54, 1.807) is 17.0 Å². The highest BCUT2D eigenvalue weighted by Crippen LogP contribution is 2.50. The van der Waals surface area contributed by atoms with E-state index in [0.717, 1.165) is 29.5 Å². The molecule has 3 aromatic heterocycles. The van der Waals surface area contributed by atoms with E-state index >= 15 is 0 Å². The van der Waals surface area contributed by atoms with Crippen LogP contribution in [0, 0.1) is 19.3 Å². The van der Waals surface area contributed by atoms with Gasteiger partial charge in [0.05, 0.1) is 35.1 Å². The second-order valence-electron chi connectivity index (χ2n) is 14.2. The Kier molecular flexibility index (Phi) is 8.85. The molecule has 14 nitrogen and oxygen atoms in total. The molecule has 7 rings (SSSR count). The number of sulfonamides is 1. The van der Waals surface area contributed by atoms with Crippen LogP contribution in [0.2, 0.25) is 0 Å². The minimum atomic E-state index is -4.24. The predicted octanol–water partition coefficient (Wildman–Crippen LogP) is 6.90. The van der Waals surface area contributed by atoms with Crippen LogP contribution in [-0.4, -0.2) is 63.0 Å². The number of fused-ring (bicyclic) bond motifs is 5. The number of anilines is 2. The first-order chi connectivity index (χ1) is 24.7. The average Bonchev–Trinajstić information content (AvgIpc) is 3.71. The number of carbonyl (C=O) groups is 2. The molecule has 4 bridgehead atoms. The lowest BCUT2D eigenvalue weighted by Gasteiger charge is -2.33. The number of aromatic nitrogens is 4. The number of hydrogen-bond donors (Lipinski definition) is 3.